The van der Waals surface area contributed by atoms with Gasteiger partial charge in [0.05, 0.1) is 0 Å². The molecule has 0 radical (unpaired) electrons. The van der Waals surface area contributed by atoms with Gasteiger partial charge in [-0.3, -0.25) is 4.79 Å². The van der Waals surface area contributed by atoms with Gasteiger partial charge in [0.15, 0.2) is 0 Å². The summed E-state index contributed by atoms with van der Waals surface area (Å²) in [7, 11) is 0. The summed E-state index contributed by atoms with van der Waals surface area (Å²) in [5, 5.41) is 0.474. The molecule has 0 bridgehead atoms. The zero-order valence-corrected chi connectivity index (χ0v) is 12.7. The second kappa shape index (κ2) is 7.48. The molecule has 0 spiro atoms. The molecule has 20 heavy (non-hydrogen) atoms. The maximum atomic E-state index is 12.1. The van der Waals surface area contributed by atoms with Crippen LogP contribution in [0.15, 0.2) is 30.3 Å². The van der Waals surface area contributed by atoms with Crippen LogP contribution in [0.4, 0.5) is 0 Å². The molecule has 0 aromatic heterocycles. The molecule has 0 N–H and O–H groups in total. The molecule has 1 aliphatic heterocycles. The van der Waals surface area contributed by atoms with E-state index >= 15 is 0 Å². The van der Waals surface area contributed by atoms with E-state index in [-0.39, 0.29) is 11.7 Å². The van der Waals surface area contributed by atoms with Crippen molar-refractivity contribution in [3.05, 3.63) is 35.9 Å². The Bertz CT molecular complexity index is 461. The highest BCUT2D eigenvalue weighted by Crippen LogP contribution is 2.34. The molecule has 1 saturated heterocycles. The third-order valence-electron chi connectivity index (χ3n) is 3.56. The number of rotatable bonds is 4. The van der Waals surface area contributed by atoms with Crippen LogP contribution in [0.5, 0.6) is 0 Å². The highest BCUT2D eigenvalue weighted by Gasteiger charge is 2.21. The molecule has 0 saturated carbocycles. The van der Waals surface area contributed by atoms with Crippen LogP contribution in [0, 0.1) is 0 Å². The second-order valence-corrected chi connectivity index (χ2v) is 6.45. The molecule has 108 valence electrons. The predicted octanol–water partition coefficient (Wildman–Crippen LogP) is 3.06. The van der Waals surface area contributed by atoms with Gasteiger partial charge < -0.3 is 9.69 Å². The minimum Gasteiger partial charge on any atom is -0.342 e. The van der Waals surface area contributed by atoms with Gasteiger partial charge >= 0.3 is 0 Å². The maximum absolute atomic E-state index is 12.1. The zero-order chi connectivity index (χ0) is 14.4. The lowest BCUT2D eigenvalue weighted by molar-refractivity contribution is -0.132. The Morgan fingerprint density at radius 1 is 1.20 bits per heavy atom. The molecular formula is C16H21NO2S. The van der Waals surface area contributed by atoms with E-state index in [1.54, 1.807) is 0 Å². The summed E-state index contributed by atoms with van der Waals surface area (Å²) in [6.45, 7) is 3.13. The first-order chi connectivity index (χ1) is 9.66. The number of carbonyl (C=O) groups excluding carboxylic acids is 2. The lowest BCUT2D eigenvalue weighted by atomic mass is 10.1. The standard InChI is InChI=1S/C16H21NO2S/c1-13(18)7-8-16(19)17-10-9-15(20-12-11-17)14-5-3-2-4-6-14/h2-6,15H,7-12H2,1H3. The topological polar surface area (TPSA) is 37.4 Å². The minimum atomic E-state index is 0.0877. The number of ketones is 1. The summed E-state index contributed by atoms with van der Waals surface area (Å²) in [5.41, 5.74) is 1.34. The number of amides is 1. The molecule has 1 aromatic carbocycles. The van der Waals surface area contributed by atoms with Crippen LogP contribution < -0.4 is 0 Å². The summed E-state index contributed by atoms with van der Waals surface area (Å²) in [5.74, 6) is 1.17. The average Bonchev–Trinajstić information content (AvgIpc) is 2.71. The molecule has 1 aromatic rings. The maximum Gasteiger partial charge on any atom is 0.223 e. The Morgan fingerprint density at radius 2 is 1.95 bits per heavy atom. The molecule has 1 amide bonds. The fraction of sp³-hybridized carbons (Fsp3) is 0.500. The highest BCUT2D eigenvalue weighted by molar-refractivity contribution is 7.99. The van der Waals surface area contributed by atoms with E-state index in [1.807, 2.05) is 22.7 Å². The SMILES string of the molecule is CC(=O)CCC(=O)N1CCSC(c2ccccc2)CC1. The third-order valence-corrected chi connectivity index (χ3v) is 4.88. The van der Waals surface area contributed by atoms with Crippen molar-refractivity contribution in [2.75, 3.05) is 18.8 Å². The molecule has 2 rings (SSSR count). The summed E-state index contributed by atoms with van der Waals surface area (Å²) in [4.78, 5) is 24.9. The average molecular weight is 291 g/mol. The van der Waals surface area contributed by atoms with Gasteiger partial charge in [-0.25, -0.2) is 0 Å². The number of thioether (sulfide) groups is 1. The number of nitrogens with zero attached hydrogens (tertiary/aromatic N) is 1. The van der Waals surface area contributed by atoms with Gasteiger partial charge in [-0.2, -0.15) is 11.8 Å². The molecular weight excluding hydrogens is 270 g/mol. The van der Waals surface area contributed by atoms with E-state index in [1.165, 1.54) is 12.5 Å². The fourth-order valence-electron chi connectivity index (χ4n) is 2.39. The minimum absolute atomic E-state index is 0.0877. The number of hydrogen-bond donors (Lipinski definition) is 0. The zero-order valence-electron chi connectivity index (χ0n) is 11.9. The molecule has 4 heteroatoms. The van der Waals surface area contributed by atoms with E-state index in [0.717, 1.165) is 25.3 Å². The first-order valence-electron chi connectivity index (χ1n) is 7.10. The van der Waals surface area contributed by atoms with Gasteiger partial charge in [0, 0.05) is 36.9 Å². The molecule has 1 fully saturated rings. The summed E-state index contributed by atoms with van der Waals surface area (Å²) < 4.78 is 0. The lowest BCUT2D eigenvalue weighted by Gasteiger charge is -2.20. The van der Waals surface area contributed by atoms with Crippen LogP contribution >= 0.6 is 11.8 Å². The summed E-state index contributed by atoms with van der Waals surface area (Å²) >= 11 is 1.92. The molecule has 3 nitrogen and oxygen atoms in total. The van der Waals surface area contributed by atoms with Gasteiger partial charge in [0.1, 0.15) is 5.78 Å². The first-order valence-corrected chi connectivity index (χ1v) is 8.15. The lowest BCUT2D eigenvalue weighted by Crippen LogP contribution is -2.33. The smallest absolute Gasteiger partial charge is 0.223 e. The van der Waals surface area contributed by atoms with Crippen LogP contribution in [0.1, 0.15) is 37.0 Å². The molecule has 1 unspecified atom stereocenters. The van der Waals surface area contributed by atoms with Crippen LogP contribution in [0.3, 0.4) is 0 Å². The Labute approximate surface area is 124 Å². The van der Waals surface area contributed by atoms with Gasteiger partial charge in [-0.15, -0.1) is 0 Å². The Balaban J connectivity index is 1.89. The largest absolute Gasteiger partial charge is 0.342 e. The van der Waals surface area contributed by atoms with E-state index < -0.39 is 0 Å². The van der Waals surface area contributed by atoms with Crippen LogP contribution in [-0.2, 0) is 9.59 Å². The monoisotopic (exact) mass is 291 g/mol. The van der Waals surface area contributed by atoms with Crippen LogP contribution in [0.2, 0.25) is 0 Å². The van der Waals surface area contributed by atoms with Crippen molar-refractivity contribution < 1.29 is 9.59 Å². The van der Waals surface area contributed by atoms with Crippen LogP contribution in [-0.4, -0.2) is 35.4 Å². The predicted molar refractivity (Wildman–Crippen MR) is 82.8 cm³/mol. The molecule has 1 heterocycles. The Hall–Kier alpha value is -1.29. The van der Waals surface area contributed by atoms with Crippen molar-refractivity contribution in [2.45, 2.75) is 31.4 Å². The molecule has 1 atom stereocenters. The fourth-order valence-corrected chi connectivity index (χ4v) is 3.63. The molecule has 0 aliphatic carbocycles. The third kappa shape index (κ3) is 4.37. The normalized spacial score (nSPS) is 19.4. The van der Waals surface area contributed by atoms with Crippen molar-refractivity contribution in [3.8, 4) is 0 Å². The number of benzene rings is 1. The van der Waals surface area contributed by atoms with E-state index in [4.69, 9.17) is 0 Å². The molecule has 1 aliphatic rings. The Morgan fingerprint density at radius 3 is 2.65 bits per heavy atom. The highest BCUT2D eigenvalue weighted by atomic mass is 32.2. The van der Waals surface area contributed by atoms with E-state index in [9.17, 15) is 9.59 Å². The van der Waals surface area contributed by atoms with Gasteiger partial charge in [0.2, 0.25) is 5.91 Å². The van der Waals surface area contributed by atoms with Gasteiger partial charge in [0.25, 0.3) is 0 Å². The quantitative estimate of drug-likeness (QED) is 0.855. The second-order valence-electron chi connectivity index (χ2n) is 5.14. The van der Waals surface area contributed by atoms with Crippen molar-refractivity contribution in [1.82, 2.24) is 4.90 Å². The summed E-state index contributed by atoms with van der Waals surface area (Å²) in [6, 6.07) is 10.5. The van der Waals surface area contributed by atoms with Gasteiger partial charge in [-0.05, 0) is 18.9 Å². The first kappa shape index (κ1) is 15.1. The van der Waals surface area contributed by atoms with Crippen molar-refractivity contribution >= 4 is 23.5 Å². The summed E-state index contributed by atoms with van der Waals surface area (Å²) in [6.07, 6.45) is 1.71. The van der Waals surface area contributed by atoms with Crippen LogP contribution in [0.25, 0.3) is 0 Å². The van der Waals surface area contributed by atoms with Crippen molar-refractivity contribution in [1.29, 1.82) is 0 Å². The Kier molecular flexibility index (Phi) is 5.65. The van der Waals surface area contributed by atoms with E-state index in [0.29, 0.717) is 18.1 Å². The van der Waals surface area contributed by atoms with Crippen molar-refractivity contribution in [3.63, 3.8) is 0 Å². The van der Waals surface area contributed by atoms with E-state index in [2.05, 4.69) is 24.3 Å². The van der Waals surface area contributed by atoms with Gasteiger partial charge in [-0.1, -0.05) is 30.3 Å². The number of Topliss-reactive ketones (excluding diaryl/α,β-unsaturated/α-hetero) is 1. The number of hydrogen-bond acceptors (Lipinski definition) is 3. The van der Waals surface area contributed by atoms with Crippen molar-refractivity contribution in [2.24, 2.45) is 0 Å². The number of carbonyl (C=O) groups is 2.